The van der Waals surface area contributed by atoms with Gasteiger partial charge in [-0.05, 0) is 36.2 Å². The Labute approximate surface area is 167 Å². The number of methoxy groups -OCH3 is 1. The molecule has 1 amide bonds. The number of carbonyl (C=O) groups excluding carboxylic acids is 1. The maximum Gasteiger partial charge on any atom is 0.294 e. The van der Waals surface area contributed by atoms with Crippen molar-refractivity contribution in [3.63, 3.8) is 0 Å². The van der Waals surface area contributed by atoms with Crippen LogP contribution in [0.2, 0.25) is 0 Å². The molecule has 29 heavy (non-hydrogen) atoms. The van der Waals surface area contributed by atoms with Crippen molar-refractivity contribution < 1.29 is 14.5 Å². The van der Waals surface area contributed by atoms with Gasteiger partial charge in [-0.25, -0.2) is 4.98 Å². The number of nitro groups is 1. The van der Waals surface area contributed by atoms with E-state index in [2.05, 4.69) is 9.97 Å². The Morgan fingerprint density at radius 2 is 2.00 bits per heavy atom. The zero-order chi connectivity index (χ0) is 20.6. The molecule has 0 spiro atoms. The molecule has 0 N–H and O–H groups in total. The lowest BCUT2D eigenvalue weighted by molar-refractivity contribution is -0.384. The van der Waals surface area contributed by atoms with E-state index in [4.69, 9.17) is 4.74 Å². The van der Waals surface area contributed by atoms with E-state index < -0.39 is 4.92 Å². The highest BCUT2D eigenvalue weighted by Crippen LogP contribution is 2.25. The van der Waals surface area contributed by atoms with Gasteiger partial charge in [-0.1, -0.05) is 0 Å². The quantitative estimate of drug-likeness (QED) is 0.313. The molecule has 0 radical (unpaired) electrons. The number of ether oxygens (including phenoxy) is 1. The smallest absolute Gasteiger partial charge is 0.294 e. The number of nitro benzene ring substituents is 1. The summed E-state index contributed by atoms with van der Waals surface area (Å²) in [5, 5.41) is 11.6. The summed E-state index contributed by atoms with van der Waals surface area (Å²) in [4.78, 5) is 33.8. The second-order valence-corrected chi connectivity index (χ2v) is 6.36. The summed E-state index contributed by atoms with van der Waals surface area (Å²) < 4.78 is 6.63. The topological polar surface area (TPSA) is 103 Å². The number of imidazole rings is 1. The molecule has 3 rings (SSSR count). The van der Waals surface area contributed by atoms with Crippen molar-refractivity contribution >= 4 is 11.6 Å². The number of hydrogen-bond acceptors (Lipinski definition) is 6. The van der Waals surface area contributed by atoms with Crippen molar-refractivity contribution in [1.29, 1.82) is 0 Å². The Hall–Kier alpha value is -3.59. The van der Waals surface area contributed by atoms with Gasteiger partial charge in [0.2, 0.25) is 0 Å². The summed E-state index contributed by atoms with van der Waals surface area (Å²) >= 11 is 0. The second kappa shape index (κ2) is 9.56. The monoisotopic (exact) mass is 395 g/mol. The first-order valence-electron chi connectivity index (χ1n) is 9.04. The maximum absolute atomic E-state index is 13.1. The lowest BCUT2D eigenvalue weighted by Crippen LogP contribution is -2.32. The number of rotatable bonds is 9. The Morgan fingerprint density at radius 1 is 1.21 bits per heavy atom. The minimum absolute atomic E-state index is 0.158. The number of aromatic nitrogens is 3. The Bertz CT molecular complexity index is 960. The Kier molecular flexibility index (Phi) is 6.64. The van der Waals surface area contributed by atoms with Gasteiger partial charge in [0.1, 0.15) is 5.69 Å². The van der Waals surface area contributed by atoms with Crippen molar-refractivity contribution in [2.75, 3.05) is 20.3 Å². The fourth-order valence-corrected chi connectivity index (χ4v) is 2.97. The summed E-state index contributed by atoms with van der Waals surface area (Å²) in [6, 6.07) is 8.14. The molecule has 9 nitrogen and oxygen atoms in total. The molecule has 0 aliphatic heterocycles. The van der Waals surface area contributed by atoms with Gasteiger partial charge in [-0.2, -0.15) is 0 Å². The van der Waals surface area contributed by atoms with Crippen LogP contribution in [-0.2, 0) is 11.3 Å². The zero-order valence-electron chi connectivity index (χ0n) is 16.0. The molecule has 3 aromatic rings. The number of amides is 1. The minimum atomic E-state index is -0.496. The first kappa shape index (κ1) is 20.2. The highest BCUT2D eigenvalue weighted by molar-refractivity contribution is 5.95. The molecule has 2 aromatic heterocycles. The van der Waals surface area contributed by atoms with E-state index in [1.54, 1.807) is 47.3 Å². The number of hydrogen-bond donors (Lipinski definition) is 0. The lowest BCUT2D eigenvalue weighted by Gasteiger charge is -2.23. The molecule has 2 heterocycles. The molecule has 1 aromatic carbocycles. The van der Waals surface area contributed by atoms with Crippen molar-refractivity contribution in [3.05, 3.63) is 82.7 Å². The average Bonchev–Trinajstić information content (AvgIpc) is 3.27. The van der Waals surface area contributed by atoms with Crippen molar-refractivity contribution in [1.82, 2.24) is 19.4 Å². The summed E-state index contributed by atoms with van der Waals surface area (Å²) in [7, 11) is 1.60. The van der Waals surface area contributed by atoms with Crippen LogP contribution in [0.4, 0.5) is 5.69 Å². The van der Waals surface area contributed by atoms with Crippen LogP contribution < -0.4 is 0 Å². The second-order valence-electron chi connectivity index (χ2n) is 6.36. The highest BCUT2D eigenvalue weighted by Gasteiger charge is 2.22. The molecule has 150 valence electrons. The predicted octanol–water partition coefficient (Wildman–Crippen LogP) is 2.85. The first-order chi connectivity index (χ1) is 14.1. The molecule has 0 aliphatic carbocycles. The highest BCUT2D eigenvalue weighted by atomic mass is 16.6. The molecule has 9 heteroatoms. The van der Waals surface area contributed by atoms with Crippen LogP contribution in [0.15, 0.2) is 61.4 Å². The summed E-state index contributed by atoms with van der Waals surface area (Å²) in [6.07, 6.45) is 8.61. The average molecular weight is 395 g/mol. The number of carbonyl (C=O) groups is 1. The molecule has 0 atom stereocenters. The van der Waals surface area contributed by atoms with Gasteiger partial charge in [0.25, 0.3) is 11.6 Å². The van der Waals surface area contributed by atoms with Gasteiger partial charge in [0.05, 0.1) is 11.3 Å². The van der Waals surface area contributed by atoms with E-state index in [0.29, 0.717) is 31.8 Å². The van der Waals surface area contributed by atoms with E-state index in [1.807, 2.05) is 12.1 Å². The number of pyridine rings is 1. The van der Waals surface area contributed by atoms with Crippen LogP contribution in [0.3, 0.4) is 0 Å². The fraction of sp³-hybridized carbons (Fsp3) is 0.250. The van der Waals surface area contributed by atoms with Crippen molar-refractivity contribution in [2.45, 2.75) is 13.0 Å². The fourth-order valence-electron chi connectivity index (χ4n) is 2.97. The van der Waals surface area contributed by atoms with Gasteiger partial charge in [-0.15, -0.1) is 0 Å². The van der Waals surface area contributed by atoms with Crippen LogP contribution >= 0.6 is 0 Å². The van der Waals surface area contributed by atoms with E-state index in [0.717, 1.165) is 5.56 Å². The lowest BCUT2D eigenvalue weighted by atomic mass is 10.1. The van der Waals surface area contributed by atoms with Crippen molar-refractivity contribution in [2.24, 2.45) is 0 Å². The summed E-state index contributed by atoms with van der Waals surface area (Å²) in [5.41, 5.74) is 1.38. The summed E-state index contributed by atoms with van der Waals surface area (Å²) in [5.74, 6) is -0.279. The van der Waals surface area contributed by atoms with Crippen LogP contribution in [0.1, 0.15) is 22.3 Å². The normalized spacial score (nSPS) is 10.7. The molecular weight excluding hydrogens is 374 g/mol. The molecule has 0 saturated heterocycles. The van der Waals surface area contributed by atoms with Gasteiger partial charge in [0.15, 0.2) is 0 Å². The van der Waals surface area contributed by atoms with Crippen LogP contribution in [0.25, 0.3) is 5.69 Å². The molecule has 0 fully saturated rings. The molecular formula is C20H21N5O4. The van der Waals surface area contributed by atoms with E-state index in [1.165, 1.54) is 18.6 Å². The van der Waals surface area contributed by atoms with Gasteiger partial charge in [-0.3, -0.25) is 19.9 Å². The Balaban J connectivity index is 1.89. The van der Waals surface area contributed by atoms with E-state index >= 15 is 0 Å². The Morgan fingerprint density at radius 3 is 2.66 bits per heavy atom. The predicted molar refractivity (Wildman–Crippen MR) is 106 cm³/mol. The van der Waals surface area contributed by atoms with E-state index in [-0.39, 0.29) is 17.2 Å². The van der Waals surface area contributed by atoms with Crippen molar-refractivity contribution in [3.8, 4) is 5.69 Å². The SMILES string of the molecule is COCCCN(Cc1ccncc1)C(=O)c1ccc(-n2ccnc2)c([N+](=O)[O-])c1. The maximum atomic E-state index is 13.1. The molecule has 0 bridgehead atoms. The first-order valence-corrected chi connectivity index (χ1v) is 9.04. The van der Waals surface area contributed by atoms with Crippen LogP contribution in [0.5, 0.6) is 0 Å². The molecule has 0 aliphatic rings. The number of nitrogens with zero attached hydrogens (tertiary/aromatic N) is 5. The summed E-state index contributed by atoms with van der Waals surface area (Å²) in [6.45, 7) is 1.36. The minimum Gasteiger partial charge on any atom is -0.385 e. The largest absolute Gasteiger partial charge is 0.385 e. The number of benzene rings is 1. The van der Waals surface area contributed by atoms with Crippen LogP contribution in [0, 0.1) is 10.1 Å². The van der Waals surface area contributed by atoms with Gasteiger partial charge in [0, 0.05) is 63.2 Å². The third-order valence-corrected chi connectivity index (χ3v) is 4.39. The molecule has 0 unspecified atom stereocenters. The van der Waals surface area contributed by atoms with Gasteiger partial charge >= 0.3 is 0 Å². The standard InChI is InChI=1S/C20H21N5O4/c1-29-12-2-10-23(14-16-5-7-21-8-6-16)20(26)17-3-4-18(19(13-17)25(27)28)24-11-9-22-15-24/h3-9,11,13,15H,2,10,12,14H2,1H3. The molecule has 0 saturated carbocycles. The van der Waals surface area contributed by atoms with E-state index in [9.17, 15) is 14.9 Å². The van der Waals surface area contributed by atoms with Crippen LogP contribution in [-0.4, -0.2) is 50.5 Å². The van der Waals surface area contributed by atoms with Gasteiger partial charge < -0.3 is 14.2 Å². The zero-order valence-corrected chi connectivity index (χ0v) is 16.0. The third kappa shape index (κ3) is 5.02. The third-order valence-electron chi connectivity index (χ3n) is 4.39.